The van der Waals surface area contributed by atoms with Crippen LogP contribution in [0.25, 0.3) is 0 Å². The number of hydrogen-bond donors (Lipinski definition) is 0. The summed E-state index contributed by atoms with van der Waals surface area (Å²) in [6.07, 6.45) is 7.11. The van der Waals surface area contributed by atoms with Crippen molar-refractivity contribution in [3.8, 4) is 0 Å². The molecule has 1 rings (SSSR count). The highest BCUT2D eigenvalue weighted by molar-refractivity contribution is 7.98. The summed E-state index contributed by atoms with van der Waals surface area (Å²) >= 11 is 1.74. The van der Waals surface area contributed by atoms with Crippen molar-refractivity contribution < 1.29 is 9.53 Å². The molecule has 2 nitrogen and oxygen atoms in total. The van der Waals surface area contributed by atoms with Crippen molar-refractivity contribution in [2.75, 3.05) is 18.6 Å². The molecule has 0 aromatic heterocycles. The Morgan fingerprint density at radius 3 is 3.00 bits per heavy atom. The maximum Gasteiger partial charge on any atom is 0.133 e. The van der Waals surface area contributed by atoms with Crippen molar-refractivity contribution in [3.05, 3.63) is 0 Å². The van der Waals surface area contributed by atoms with E-state index in [0.717, 1.165) is 31.6 Å². The van der Waals surface area contributed by atoms with E-state index in [-0.39, 0.29) is 0 Å². The second-order valence-corrected chi connectivity index (χ2v) is 4.44. The fourth-order valence-corrected chi connectivity index (χ4v) is 1.97. The molecule has 76 valence electrons. The highest BCUT2D eigenvalue weighted by atomic mass is 32.2. The zero-order chi connectivity index (χ0) is 9.52. The Balaban J connectivity index is 2.00. The molecular formula is C10H18O2S. The molecule has 1 heterocycles. The van der Waals surface area contributed by atoms with Gasteiger partial charge in [-0.1, -0.05) is 0 Å². The molecule has 0 saturated carbocycles. The van der Waals surface area contributed by atoms with Gasteiger partial charge in [-0.25, -0.2) is 0 Å². The molecule has 0 bridgehead atoms. The van der Waals surface area contributed by atoms with Gasteiger partial charge in [-0.2, -0.15) is 11.8 Å². The van der Waals surface area contributed by atoms with Crippen LogP contribution in [0.2, 0.25) is 0 Å². The first-order valence-electron chi connectivity index (χ1n) is 4.95. The first-order valence-corrected chi connectivity index (χ1v) is 6.34. The predicted octanol–water partition coefficient (Wildman–Crippen LogP) is 2.27. The van der Waals surface area contributed by atoms with Crippen LogP contribution in [0.4, 0.5) is 0 Å². The zero-order valence-corrected chi connectivity index (χ0v) is 9.07. The molecule has 3 heteroatoms. The van der Waals surface area contributed by atoms with Gasteiger partial charge in [-0.15, -0.1) is 0 Å². The van der Waals surface area contributed by atoms with Crippen molar-refractivity contribution in [2.45, 2.75) is 38.2 Å². The summed E-state index contributed by atoms with van der Waals surface area (Å²) < 4.78 is 5.45. The van der Waals surface area contributed by atoms with Gasteiger partial charge in [-0.3, -0.25) is 4.79 Å². The topological polar surface area (TPSA) is 26.3 Å². The number of rotatable bonds is 6. The number of thioether (sulfide) groups is 1. The smallest absolute Gasteiger partial charge is 0.133 e. The maximum absolute atomic E-state index is 11.3. The van der Waals surface area contributed by atoms with Gasteiger partial charge in [0.1, 0.15) is 5.78 Å². The Morgan fingerprint density at radius 2 is 2.38 bits per heavy atom. The van der Waals surface area contributed by atoms with E-state index in [1.165, 1.54) is 6.42 Å². The van der Waals surface area contributed by atoms with Crippen molar-refractivity contribution in [1.29, 1.82) is 0 Å². The van der Waals surface area contributed by atoms with Crippen LogP contribution in [0.3, 0.4) is 0 Å². The molecule has 1 fully saturated rings. The standard InChI is InChI=1S/C10H18O2S/c1-13-8-6-9(11)4-5-10-3-2-7-12-10/h10H,2-8H2,1H3. The van der Waals surface area contributed by atoms with Crippen LogP contribution in [0.1, 0.15) is 32.1 Å². The molecule has 0 amide bonds. The van der Waals surface area contributed by atoms with Gasteiger partial charge in [0.05, 0.1) is 6.10 Å². The summed E-state index contributed by atoms with van der Waals surface area (Å²) in [5.41, 5.74) is 0. The molecule has 1 saturated heterocycles. The van der Waals surface area contributed by atoms with Crippen LogP contribution in [0.5, 0.6) is 0 Å². The summed E-state index contributed by atoms with van der Waals surface area (Å²) in [7, 11) is 0. The number of hydrogen-bond acceptors (Lipinski definition) is 3. The van der Waals surface area contributed by atoms with Crippen molar-refractivity contribution in [3.63, 3.8) is 0 Å². The minimum atomic E-state index is 0.373. The summed E-state index contributed by atoms with van der Waals surface area (Å²) in [5, 5.41) is 0. The van der Waals surface area contributed by atoms with Crippen LogP contribution in [-0.4, -0.2) is 30.5 Å². The average Bonchev–Trinajstić information content (AvgIpc) is 2.64. The summed E-state index contributed by atoms with van der Waals surface area (Å²) in [4.78, 5) is 11.3. The molecule has 13 heavy (non-hydrogen) atoms. The van der Waals surface area contributed by atoms with E-state index in [4.69, 9.17) is 4.74 Å². The van der Waals surface area contributed by atoms with Crippen LogP contribution in [-0.2, 0) is 9.53 Å². The van der Waals surface area contributed by atoms with Gasteiger partial charge in [0, 0.05) is 19.4 Å². The Labute approximate surface area is 84.4 Å². The lowest BCUT2D eigenvalue weighted by Crippen LogP contribution is -2.08. The normalized spacial score (nSPS) is 22.1. The van der Waals surface area contributed by atoms with Gasteiger partial charge >= 0.3 is 0 Å². The fraction of sp³-hybridized carbons (Fsp3) is 0.900. The first-order chi connectivity index (χ1) is 6.33. The van der Waals surface area contributed by atoms with Gasteiger partial charge in [0.15, 0.2) is 0 Å². The van der Waals surface area contributed by atoms with Gasteiger partial charge in [-0.05, 0) is 31.3 Å². The summed E-state index contributed by atoms with van der Waals surface area (Å²) in [6, 6.07) is 0. The van der Waals surface area contributed by atoms with Gasteiger partial charge in [0.25, 0.3) is 0 Å². The van der Waals surface area contributed by atoms with E-state index in [9.17, 15) is 4.79 Å². The Kier molecular flexibility index (Phi) is 5.47. The molecule has 1 unspecified atom stereocenters. The van der Waals surface area contributed by atoms with E-state index in [1.54, 1.807) is 11.8 Å². The third-order valence-corrected chi connectivity index (χ3v) is 2.97. The van der Waals surface area contributed by atoms with Crippen molar-refractivity contribution >= 4 is 17.5 Å². The quantitative estimate of drug-likeness (QED) is 0.661. The lowest BCUT2D eigenvalue weighted by Gasteiger charge is -2.07. The number of Topliss-reactive ketones (excluding diaryl/α,β-unsaturated/α-hetero) is 1. The predicted molar refractivity (Wildman–Crippen MR) is 56.2 cm³/mol. The van der Waals surface area contributed by atoms with Crippen LogP contribution < -0.4 is 0 Å². The SMILES string of the molecule is CSCCC(=O)CCC1CCCO1. The molecule has 1 aliphatic heterocycles. The van der Waals surface area contributed by atoms with E-state index >= 15 is 0 Å². The molecule has 0 spiro atoms. The molecular weight excluding hydrogens is 184 g/mol. The molecule has 0 N–H and O–H groups in total. The van der Waals surface area contributed by atoms with E-state index in [0.29, 0.717) is 18.3 Å². The Bertz CT molecular complexity index is 153. The van der Waals surface area contributed by atoms with Crippen LogP contribution in [0, 0.1) is 0 Å². The monoisotopic (exact) mass is 202 g/mol. The zero-order valence-electron chi connectivity index (χ0n) is 8.25. The number of ketones is 1. The highest BCUT2D eigenvalue weighted by Crippen LogP contribution is 2.17. The third kappa shape index (κ3) is 4.67. The van der Waals surface area contributed by atoms with E-state index < -0.39 is 0 Å². The molecule has 0 aromatic carbocycles. The van der Waals surface area contributed by atoms with Crippen molar-refractivity contribution in [2.24, 2.45) is 0 Å². The van der Waals surface area contributed by atoms with Crippen molar-refractivity contribution in [1.82, 2.24) is 0 Å². The third-order valence-electron chi connectivity index (χ3n) is 2.35. The maximum atomic E-state index is 11.3. The second kappa shape index (κ2) is 6.44. The van der Waals surface area contributed by atoms with Crippen LogP contribution in [0.15, 0.2) is 0 Å². The minimum absolute atomic E-state index is 0.373. The lowest BCUT2D eigenvalue weighted by molar-refractivity contribution is -0.119. The van der Waals surface area contributed by atoms with Gasteiger partial charge < -0.3 is 4.74 Å². The largest absolute Gasteiger partial charge is 0.378 e. The number of carbonyl (C=O) groups is 1. The molecule has 0 aromatic rings. The number of ether oxygens (including phenoxy) is 1. The minimum Gasteiger partial charge on any atom is -0.378 e. The fourth-order valence-electron chi connectivity index (χ4n) is 1.53. The lowest BCUT2D eigenvalue weighted by atomic mass is 10.1. The summed E-state index contributed by atoms with van der Waals surface area (Å²) in [5.74, 6) is 1.36. The average molecular weight is 202 g/mol. The summed E-state index contributed by atoms with van der Waals surface area (Å²) in [6.45, 7) is 0.893. The number of carbonyl (C=O) groups excluding carboxylic acids is 1. The molecule has 0 radical (unpaired) electrons. The highest BCUT2D eigenvalue weighted by Gasteiger charge is 2.16. The van der Waals surface area contributed by atoms with Gasteiger partial charge in [0.2, 0.25) is 0 Å². The van der Waals surface area contributed by atoms with E-state index in [1.807, 2.05) is 6.26 Å². The molecule has 1 aliphatic rings. The Morgan fingerprint density at radius 1 is 1.54 bits per heavy atom. The molecule has 1 atom stereocenters. The van der Waals surface area contributed by atoms with E-state index in [2.05, 4.69) is 0 Å². The Hall–Kier alpha value is -0.0200. The first kappa shape index (κ1) is 11.1. The van der Waals surface area contributed by atoms with Crippen LogP contribution >= 0.6 is 11.8 Å². The molecule has 0 aliphatic carbocycles. The second-order valence-electron chi connectivity index (χ2n) is 3.46.